The summed E-state index contributed by atoms with van der Waals surface area (Å²) >= 11 is 0. The maximum atomic E-state index is 6.75. The van der Waals surface area contributed by atoms with Crippen LogP contribution >= 0.6 is 0 Å². The molecular weight excluding hydrogens is 743 g/mol. The number of furan rings is 2. The Labute approximate surface area is 353 Å². The molecule has 0 saturated heterocycles. The third kappa shape index (κ3) is 5.73. The Morgan fingerprint density at radius 2 is 1.13 bits per heavy atom. The Balaban J connectivity index is 1.03. The first-order valence-electron chi connectivity index (χ1n) is 21.0. The van der Waals surface area contributed by atoms with Crippen LogP contribution in [0.25, 0.3) is 99.3 Å². The highest BCUT2D eigenvalue weighted by Crippen LogP contribution is 2.45. The summed E-state index contributed by atoms with van der Waals surface area (Å²) in [6, 6.07) is 61.0. The zero-order chi connectivity index (χ0) is 40.4. The van der Waals surface area contributed by atoms with Crippen molar-refractivity contribution in [2.24, 2.45) is 0 Å². The fourth-order valence-electron chi connectivity index (χ4n) is 9.58. The van der Waals surface area contributed by atoms with E-state index in [1.54, 1.807) is 0 Å². The van der Waals surface area contributed by atoms with Gasteiger partial charge in [-0.3, -0.25) is 0 Å². The van der Waals surface area contributed by atoms with E-state index < -0.39 is 0 Å². The van der Waals surface area contributed by atoms with Gasteiger partial charge in [0, 0.05) is 38.5 Å². The van der Waals surface area contributed by atoms with Gasteiger partial charge in [0.1, 0.15) is 22.5 Å². The summed E-state index contributed by atoms with van der Waals surface area (Å²) in [4.78, 5) is 2.46. The average Bonchev–Trinajstić information content (AvgIpc) is 3.90. The average molecular weight is 782 g/mol. The standard InChI is InChI=1S/C58H39NO2/c1-2-54-49(50-34-26-39-13-4-8-17-47(39)57(50)60-54)33-28-41-15-6-10-19-52(41)59(53-20-11-21-55-56(53)51-35-27-40-14-5-9-18-48(40)58(51)61-55)44-30-24-37(25-31-44)42-29-32-46-43(36-42)23-22-38-12-3-7-16-45(38)46/h2-9,11-18,20-36H,1,10,19H2/b33-28+. The van der Waals surface area contributed by atoms with Crippen LogP contribution in [-0.4, -0.2) is 0 Å². The molecule has 1 aliphatic rings. The summed E-state index contributed by atoms with van der Waals surface area (Å²) in [6.45, 7) is 4.14. The lowest BCUT2D eigenvalue weighted by molar-refractivity contribution is 0.606. The monoisotopic (exact) mass is 781 g/mol. The molecule has 61 heavy (non-hydrogen) atoms. The summed E-state index contributed by atoms with van der Waals surface area (Å²) in [5.74, 6) is 0.765. The van der Waals surface area contributed by atoms with Gasteiger partial charge in [-0.05, 0) is 116 Å². The predicted octanol–water partition coefficient (Wildman–Crippen LogP) is 16.7. The fourth-order valence-corrected chi connectivity index (χ4v) is 9.58. The van der Waals surface area contributed by atoms with Crippen molar-refractivity contribution in [1.29, 1.82) is 0 Å². The van der Waals surface area contributed by atoms with Gasteiger partial charge in [0.15, 0.2) is 0 Å². The van der Waals surface area contributed by atoms with E-state index in [-0.39, 0.29) is 0 Å². The Bertz CT molecular complexity index is 3670. The first-order chi connectivity index (χ1) is 30.2. The first kappa shape index (κ1) is 35.1. The molecule has 11 aromatic rings. The third-order valence-electron chi connectivity index (χ3n) is 12.5. The molecule has 9 aromatic carbocycles. The highest BCUT2D eigenvalue weighted by Gasteiger charge is 2.24. The molecule has 0 saturated carbocycles. The largest absolute Gasteiger partial charge is 0.455 e. The molecule has 3 heteroatoms. The number of anilines is 2. The number of benzene rings is 9. The van der Waals surface area contributed by atoms with E-state index in [4.69, 9.17) is 8.83 Å². The van der Waals surface area contributed by atoms with Crippen LogP contribution in [0.1, 0.15) is 24.2 Å². The van der Waals surface area contributed by atoms with E-state index in [1.165, 1.54) is 38.4 Å². The van der Waals surface area contributed by atoms with Crippen LogP contribution in [0.5, 0.6) is 0 Å². The summed E-state index contributed by atoms with van der Waals surface area (Å²) in [5, 5.41) is 12.8. The van der Waals surface area contributed by atoms with Crippen molar-refractivity contribution in [2.45, 2.75) is 12.8 Å². The predicted molar refractivity (Wildman–Crippen MR) is 258 cm³/mol. The number of rotatable bonds is 7. The zero-order valence-electron chi connectivity index (χ0n) is 33.4. The van der Waals surface area contributed by atoms with Crippen LogP contribution in [-0.2, 0) is 0 Å². The maximum absolute atomic E-state index is 6.75. The number of nitrogens with zero attached hydrogens (tertiary/aromatic N) is 1. The van der Waals surface area contributed by atoms with Crippen LogP contribution < -0.4 is 4.90 Å². The van der Waals surface area contributed by atoms with E-state index in [0.29, 0.717) is 0 Å². The second-order valence-corrected chi connectivity index (χ2v) is 15.9. The van der Waals surface area contributed by atoms with Gasteiger partial charge in [-0.15, -0.1) is 0 Å². The molecule has 0 spiro atoms. The zero-order valence-corrected chi connectivity index (χ0v) is 33.4. The third-order valence-corrected chi connectivity index (χ3v) is 12.5. The van der Waals surface area contributed by atoms with Gasteiger partial charge in [0.05, 0.1) is 11.1 Å². The van der Waals surface area contributed by atoms with Gasteiger partial charge in [-0.1, -0.05) is 152 Å². The van der Waals surface area contributed by atoms with Crippen LogP contribution in [0.15, 0.2) is 215 Å². The Morgan fingerprint density at radius 3 is 1.90 bits per heavy atom. The molecule has 0 radical (unpaired) electrons. The number of hydrogen-bond acceptors (Lipinski definition) is 3. The van der Waals surface area contributed by atoms with Crippen LogP contribution in [0.4, 0.5) is 11.4 Å². The molecule has 12 rings (SSSR count). The highest BCUT2D eigenvalue weighted by molar-refractivity contribution is 6.19. The number of fused-ring (bicyclic) bond motifs is 11. The quantitative estimate of drug-likeness (QED) is 0.151. The molecule has 1 aliphatic carbocycles. The Morgan fingerprint density at radius 1 is 0.508 bits per heavy atom. The molecule has 0 atom stereocenters. The van der Waals surface area contributed by atoms with Crippen molar-refractivity contribution in [1.82, 2.24) is 0 Å². The lowest BCUT2D eigenvalue weighted by atomic mass is 9.96. The van der Waals surface area contributed by atoms with E-state index in [2.05, 4.69) is 206 Å². The fraction of sp³-hybridized carbons (Fsp3) is 0.0345. The molecule has 0 bridgehead atoms. The summed E-state index contributed by atoms with van der Waals surface area (Å²) in [5.41, 5.74) is 10.6. The number of hydrogen-bond donors (Lipinski definition) is 0. The second kappa shape index (κ2) is 14.1. The molecule has 288 valence electrons. The minimum Gasteiger partial charge on any atom is -0.455 e. The van der Waals surface area contributed by atoms with Gasteiger partial charge in [0.2, 0.25) is 0 Å². The molecule has 3 nitrogen and oxygen atoms in total. The highest BCUT2D eigenvalue weighted by atomic mass is 16.3. The minimum atomic E-state index is 0.765. The molecule has 0 unspecified atom stereocenters. The van der Waals surface area contributed by atoms with E-state index in [9.17, 15) is 0 Å². The minimum absolute atomic E-state index is 0.765. The Kier molecular flexibility index (Phi) is 8.14. The van der Waals surface area contributed by atoms with Crippen molar-refractivity contribution in [3.63, 3.8) is 0 Å². The molecule has 2 heterocycles. The van der Waals surface area contributed by atoms with Gasteiger partial charge in [0.25, 0.3) is 0 Å². The maximum Gasteiger partial charge on any atom is 0.143 e. The van der Waals surface area contributed by atoms with E-state index in [1.807, 2.05) is 6.08 Å². The van der Waals surface area contributed by atoms with Gasteiger partial charge in [-0.25, -0.2) is 0 Å². The normalized spacial score (nSPS) is 13.3. The molecular formula is C58H39NO2. The van der Waals surface area contributed by atoms with Crippen molar-refractivity contribution in [2.75, 3.05) is 4.90 Å². The number of allylic oxidation sites excluding steroid dienone is 5. The summed E-state index contributed by atoms with van der Waals surface area (Å²) in [7, 11) is 0. The van der Waals surface area contributed by atoms with Crippen LogP contribution in [0.3, 0.4) is 0 Å². The lowest BCUT2D eigenvalue weighted by Crippen LogP contribution is -2.19. The van der Waals surface area contributed by atoms with Crippen molar-refractivity contribution in [3.05, 3.63) is 217 Å². The van der Waals surface area contributed by atoms with Crippen LogP contribution in [0.2, 0.25) is 0 Å². The van der Waals surface area contributed by atoms with E-state index >= 15 is 0 Å². The molecule has 0 fully saturated rings. The van der Waals surface area contributed by atoms with Gasteiger partial charge >= 0.3 is 0 Å². The molecule has 0 amide bonds. The van der Waals surface area contributed by atoms with E-state index in [0.717, 1.165) is 95.6 Å². The lowest BCUT2D eigenvalue weighted by Gasteiger charge is -2.31. The van der Waals surface area contributed by atoms with Gasteiger partial charge < -0.3 is 13.7 Å². The molecule has 0 N–H and O–H groups in total. The Hall–Kier alpha value is -7.88. The smallest absolute Gasteiger partial charge is 0.143 e. The second-order valence-electron chi connectivity index (χ2n) is 15.9. The first-order valence-corrected chi connectivity index (χ1v) is 21.0. The molecule has 2 aromatic heterocycles. The summed E-state index contributed by atoms with van der Waals surface area (Å²) < 4.78 is 13.2. The van der Waals surface area contributed by atoms with Crippen molar-refractivity contribution < 1.29 is 8.83 Å². The van der Waals surface area contributed by atoms with Gasteiger partial charge in [-0.2, -0.15) is 0 Å². The molecule has 0 aliphatic heterocycles. The topological polar surface area (TPSA) is 29.5 Å². The van der Waals surface area contributed by atoms with Crippen molar-refractivity contribution >= 4 is 99.5 Å². The van der Waals surface area contributed by atoms with Crippen LogP contribution in [0, 0.1) is 0 Å². The van der Waals surface area contributed by atoms with Crippen molar-refractivity contribution in [3.8, 4) is 11.1 Å². The SMILES string of the molecule is C=Cc1oc2c(ccc3ccccc32)c1/C=C/C1=C(N(c2ccc(-c3ccc4c(ccc5ccccc54)c3)cc2)c2cccc3oc4c5ccccc5ccc4c23)CCC=C1. The summed E-state index contributed by atoms with van der Waals surface area (Å²) in [6.07, 6.45) is 12.6.